The van der Waals surface area contributed by atoms with Gasteiger partial charge in [0.1, 0.15) is 4.90 Å². The lowest BCUT2D eigenvalue weighted by Crippen LogP contribution is -2.19. The molecule has 0 spiro atoms. The number of hydrogen-bond donors (Lipinski definition) is 2. The van der Waals surface area contributed by atoms with Crippen LogP contribution < -0.4 is 4.72 Å². The summed E-state index contributed by atoms with van der Waals surface area (Å²) in [5.41, 5.74) is 1.49. The third-order valence-electron chi connectivity index (χ3n) is 3.63. The number of alkyl halides is 2. The number of rotatable bonds is 6. The second kappa shape index (κ2) is 7.08. The maximum Gasteiger partial charge on any atom is 0.341 e. The molecular weight excluding hydrogens is 400 g/mol. The third-order valence-corrected chi connectivity index (χ3v) is 6.63. The van der Waals surface area contributed by atoms with Crippen molar-refractivity contribution >= 4 is 25.5 Å². The standard InChI is InChI=1S/C16H13F2N3O4S2/c17-16(18)26(22,23)14-6-1-2-7-15(14)27(24,25)21-13-5-3-4-11(8-13)12-9-19-20-10-12/h1-10,16,21H,(H,19,20). The molecule has 3 aromatic rings. The van der Waals surface area contributed by atoms with Crippen molar-refractivity contribution in [3.05, 3.63) is 60.9 Å². The van der Waals surface area contributed by atoms with E-state index in [2.05, 4.69) is 14.9 Å². The van der Waals surface area contributed by atoms with Gasteiger partial charge < -0.3 is 0 Å². The lowest BCUT2D eigenvalue weighted by molar-refractivity contribution is 0.234. The quantitative estimate of drug-likeness (QED) is 0.646. The molecule has 0 atom stereocenters. The van der Waals surface area contributed by atoms with Crippen LogP contribution in [0, 0.1) is 0 Å². The first-order valence-corrected chi connectivity index (χ1v) is 10.5. The lowest BCUT2D eigenvalue weighted by Gasteiger charge is -2.13. The molecule has 11 heteroatoms. The van der Waals surface area contributed by atoms with Crippen LogP contribution in [-0.4, -0.2) is 32.8 Å². The molecule has 2 N–H and O–H groups in total. The van der Waals surface area contributed by atoms with Gasteiger partial charge in [-0.1, -0.05) is 24.3 Å². The van der Waals surface area contributed by atoms with Gasteiger partial charge in [-0.05, 0) is 29.8 Å². The van der Waals surface area contributed by atoms with Crippen LogP contribution in [0.1, 0.15) is 0 Å². The van der Waals surface area contributed by atoms with Crippen molar-refractivity contribution in [3.63, 3.8) is 0 Å². The van der Waals surface area contributed by atoms with Crippen LogP contribution in [-0.2, 0) is 19.9 Å². The van der Waals surface area contributed by atoms with Gasteiger partial charge in [0, 0.05) is 17.4 Å². The molecule has 2 aromatic carbocycles. The van der Waals surface area contributed by atoms with Crippen LogP contribution in [0.4, 0.5) is 14.5 Å². The predicted octanol–water partition coefficient (Wildman–Crippen LogP) is 2.87. The second-order valence-corrected chi connectivity index (χ2v) is 8.96. The molecule has 0 saturated heterocycles. The lowest BCUT2D eigenvalue weighted by atomic mass is 10.1. The molecule has 1 heterocycles. The molecule has 0 aliphatic rings. The minimum atomic E-state index is -5.09. The maximum atomic E-state index is 12.9. The van der Waals surface area contributed by atoms with Crippen molar-refractivity contribution in [2.24, 2.45) is 0 Å². The highest BCUT2D eigenvalue weighted by atomic mass is 32.2. The Kier molecular flexibility index (Phi) is 4.98. The molecule has 0 aliphatic heterocycles. The fourth-order valence-corrected chi connectivity index (χ4v) is 5.01. The average Bonchev–Trinajstić information content (AvgIpc) is 3.16. The number of H-pyrrole nitrogens is 1. The molecule has 3 rings (SSSR count). The average molecular weight is 413 g/mol. The first-order chi connectivity index (χ1) is 12.7. The molecule has 0 bridgehead atoms. The number of aromatic amines is 1. The van der Waals surface area contributed by atoms with Crippen LogP contribution in [0.25, 0.3) is 11.1 Å². The largest absolute Gasteiger partial charge is 0.341 e. The normalized spacial score (nSPS) is 12.3. The topological polar surface area (TPSA) is 109 Å². The minimum absolute atomic E-state index is 0.137. The summed E-state index contributed by atoms with van der Waals surface area (Å²) in [4.78, 5) is -1.71. The van der Waals surface area contributed by atoms with Gasteiger partial charge in [0.05, 0.1) is 11.1 Å². The number of hydrogen-bond acceptors (Lipinski definition) is 5. The Morgan fingerprint density at radius 3 is 2.26 bits per heavy atom. The Morgan fingerprint density at radius 1 is 0.926 bits per heavy atom. The molecule has 0 aliphatic carbocycles. The first-order valence-electron chi connectivity index (χ1n) is 7.45. The molecule has 0 radical (unpaired) electrons. The summed E-state index contributed by atoms with van der Waals surface area (Å²) in [6, 6.07) is 10.5. The van der Waals surface area contributed by atoms with Gasteiger partial charge in [-0.2, -0.15) is 13.9 Å². The van der Waals surface area contributed by atoms with Crippen molar-refractivity contribution in [2.75, 3.05) is 4.72 Å². The molecule has 0 amide bonds. The van der Waals surface area contributed by atoms with Crippen LogP contribution in [0.5, 0.6) is 0 Å². The highest BCUT2D eigenvalue weighted by Gasteiger charge is 2.33. The van der Waals surface area contributed by atoms with Gasteiger partial charge in [0.15, 0.2) is 0 Å². The van der Waals surface area contributed by atoms with Gasteiger partial charge in [-0.3, -0.25) is 9.82 Å². The number of nitrogens with zero attached hydrogens (tertiary/aromatic N) is 1. The fraction of sp³-hybridized carbons (Fsp3) is 0.0625. The zero-order chi connectivity index (χ0) is 19.7. The minimum Gasteiger partial charge on any atom is -0.285 e. The van der Waals surface area contributed by atoms with Crippen molar-refractivity contribution in [2.45, 2.75) is 15.5 Å². The molecular formula is C16H13F2N3O4S2. The Balaban J connectivity index is 2.01. The highest BCUT2D eigenvalue weighted by Crippen LogP contribution is 2.28. The van der Waals surface area contributed by atoms with E-state index in [4.69, 9.17) is 0 Å². The second-order valence-electron chi connectivity index (χ2n) is 5.43. The Labute approximate surface area is 154 Å². The number of sulfone groups is 1. The number of nitrogens with one attached hydrogen (secondary N) is 2. The van der Waals surface area contributed by atoms with Crippen molar-refractivity contribution in [1.82, 2.24) is 10.2 Å². The van der Waals surface area contributed by atoms with E-state index in [1.807, 2.05) is 0 Å². The van der Waals surface area contributed by atoms with Gasteiger partial charge in [-0.15, -0.1) is 0 Å². The van der Waals surface area contributed by atoms with Crippen molar-refractivity contribution < 1.29 is 25.6 Å². The van der Waals surface area contributed by atoms with E-state index in [0.29, 0.717) is 11.1 Å². The smallest absolute Gasteiger partial charge is 0.285 e. The molecule has 142 valence electrons. The van der Waals surface area contributed by atoms with Gasteiger partial charge in [0.25, 0.3) is 10.0 Å². The van der Waals surface area contributed by atoms with Gasteiger partial charge in [0.2, 0.25) is 9.84 Å². The highest BCUT2D eigenvalue weighted by molar-refractivity contribution is 7.95. The van der Waals surface area contributed by atoms with Crippen LogP contribution in [0.3, 0.4) is 0 Å². The zero-order valence-electron chi connectivity index (χ0n) is 13.5. The Morgan fingerprint density at radius 2 is 1.63 bits per heavy atom. The summed E-state index contributed by atoms with van der Waals surface area (Å²) >= 11 is 0. The number of anilines is 1. The van der Waals surface area contributed by atoms with Crippen molar-refractivity contribution in [1.29, 1.82) is 0 Å². The van der Waals surface area contributed by atoms with Crippen LogP contribution >= 0.6 is 0 Å². The number of benzene rings is 2. The van der Waals surface area contributed by atoms with Crippen LogP contribution in [0.2, 0.25) is 0 Å². The first kappa shape index (κ1) is 19.0. The molecule has 0 unspecified atom stereocenters. The number of sulfonamides is 1. The summed E-state index contributed by atoms with van der Waals surface area (Å²) in [5, 5.41) is 6.43. The number of aromatic nitrogens is 2. The summed E-state index contributed by atoms with van der Waals surface area (Å²) in [6.45, 7) is 0. The van der Waals surface area contributed by atoms with E-state index in [9.17, 15) is 25.6 Å². The molecule has 7 nitrogen and oxygen atoms in total. The van der Waals surface area contributed by atoms with Gasteiger partial charge >= 0.3 is 5.76 Å². The molecule has 27 heavy (non-hydrogen) atoms. The number of halogens is 2. The third kappa shape index (κ3) is 3.83. The van der Waals surface area contributed by atoms with E-state index in [-0.39, 0.29) is 5.69 Å². The summed E-state index contributed by atoms with van der Waals surface area (Å²) < 4.78 is 76.9. The maximum absolute atomic E-state index is 12.9. The van der Waals surface area contributed by atoms with Crippen LogP contribution in [0.15, 0.2) is 70.7 Å². The summed E-state index contributed by atoms with van der Waals surface area (Å²) in [7, 11) is -9.52. The van der Waals surface area contributed by atoms with E-state index in [1.165, 1.54) is 30.5 Å². The Hall–Kier alpha value is -2.79. The van der Waals surface area contributed by atoms with E-state index < -0.39 is 35.4 Å². The summed E-state index contributed by atoms with van der Waals surface area (Å²) in [5.74, 6) is -3.74. The van der Waals surface area contributed by atoms with E-state index >= 15 is 0 Å². The predicted molar refractivity (Wildman–Crippen MR) is 94.5 cm³/mol. The Bertz CT molecular complexity index is 1160. The molecule has 0 saturated carbocycles. The SMILES string of the molecule is O=S(=O)(Nc1cccc(-c2cn[nH]c2)c1)c1ccccc1S(=O)(=O)C(F)F. The fourth-order valence-electron chi connectivity index (χ4n) is 2.38. The van der Waals surface area contributed by atoms with E-state index in [0.717, 1.165) is 12.1 Å². The van der Waals surface area contributed by atoms with Gasteiger partial charge in [-0.25, -0.2) is 16.8 Å². The monoisotopic (exact) mass is 413 g/mol. The molecule has 1 aromatic heterocycles. The van der Waals surface area contributed by atoms with E-state index in [1.54, 1.807) is 18.3 Å². The zero-order valence-corrected chi connectivity index (χ0v) is 15.1. The molecule has 0 fully saturated rings. The summed E-state index contributed by atoms with van der Waals surface area (Å²) in [6.07, 6.45) is 3.15. The van der Waals surface area contributed by atoms with Crippen molar-refractivity contribution in [3.8, 4) is 11.1 Å².